The van der Waals surface area contributed by atoms with Gasteiger partial charge in [0.15, 0.2) is 0 Å². The Morgan fingerprint density at radius 1 is 1.18 bits per heavy atom. The van der Waals surface area contributed by atoms with Crippen LogP contribution in [0.15, 0.2) is 34.1 Å². The van der Waals surface area contributed by atoms with Crippen LogP contribution >= 0.6 is 27.3 Å². The summed E-state index contributed by atoms with van der Waals surface area (Å²) in [5.74, 6) is 0. The Hall–Kier alpha value is -0.640. The highest BCUT2D eigenvalue weighted by Crippen LogP contribution is 2.19. The molecule has 2 rings (SSSR count). The quantitative estimate of drug-likeness (QED) is 0.881. The molecule has 1 N–H and O–H groups in total. The van der Waals surface area contributed by atoms with Crippen molar-refractivity contribution in [1.29, 1.82) is 0 Å². The summed E-state index contributed by atoms with van der Waals surface area (Å²) in [6.45, 7) is 6.17. The Morgan fingerprint density at radius 3 is 2.65 bits per heavy atom. The smallest absolute Gasteiger partial charge is 0.0303 e. The molecule has 0 atom stereocenters. The average molecular weight is 310 g/mol. The standard InChI is InChI=1S/C14H16BrNS/c1-10-3-4-12(11(2)5-10)7-16-8-14-6-13(15)9-17-14/h3-6,9,16H,7-8H2,1-2H3. The summed E-state index contributed by atoms with van der Waals surface area (Å²) in [5, 5.41) is 5.60. The minimum atomic E-state index is 0.932. The summed E-state index contributed by atoms with van der Waals surface area (Å²) < 4.78 is 1.17. The molecule has 90 valence electrons. The number of thiophene rings is 1. The lowest BCUT2D eigenvalue weighted by atomic mass is 10.1. The average Bonchev–Trinajstić information content (AvgIpc) is 2.68. The van der Waals surface area contributed by atoms with Gasteiger partial charge in [-0.3, -0.25) is 0 Å². The van der Waals surface area contributed by atoms with Gasteiger partial charge in [-0.1, -0.05) is 23.8 Å². The van der Waals surface area contributed by atoms with Crippen LogP contribution in [0.2, 0.25) is 0 Å². The molecule has 1 heterocycles. The third-order valence-corrected chi connectivity index (χ3v) is 4.43. The van der Waals surface area contributed by atoms with Crippen molar-refractivity contribution >= 4 is 27.3 Å². The summed E-state index contributed by atoms with van der Waals surface area (Å²) >= 11 is 5.25. The van der Waals surface area contributed by atoms with Gasteiger partial charge in [0.05, 0.1) is 0 Å². The Balaban J connectivity index is 1.90. The predicted molar refractivity (Wildman–Crippen MR) is 78.5 cm³/mol. The van der Waals surface area contributed by atoms with E-state index in [1.54, 1.807) is 11.3 Å². The van der Waals surface area contributed by atoms with Gasteiger partial charge in [0.1, 0.15) is 0 Å². The predicted octanol–water partition coefficient (Wildman–Crippen LogP) is 4.42. The number of hydrogen-bond donors (Lipinski definition) is 1. The molecule has 3 heteroatoms. The molecule has 0 bridgehead atoms. The Labute approximate surface area is 115 Å². The molecule has 0 saturated carbocycles. The number of hydrogen-bond acceptors (Lipinski definition) is 2. The van der Waals surface area contributed by atoms with Crippen LogP contribution in [-0.2, 0) is 13.1 Å². The van der Waals surface area contributed by atoms with E-state index < -0.39 is 0 Å². The molecule has 2 aromatic rings. The second-order valence-corrected chi connectivity index (χ2v) is 6.18. The van der Waals surface area contributed by atoms with E-state index in [2.05, 4.69) is 64.7 Å². The molecule has 0 radical (unpaired) electrons. The summed E-state index contributed by atoms with van der Waals surface area (Å²) in [6, 6.07) is 8.78. The van der Waals surface area contributed by atoms with Gasteiger partial charge in [-0.05, 0) is 47.0 Å². The molecule has 0 aliphatic heterocycles. The topological polar surface area (TPSA) is 12.0 Å². The van der Waals surface area contributed by atoms with E-state index in [1.165, 1.54) is 26.0 Å². The van der Waals surface area contributed by atoms with Gasteiger partial charge in [0.2, 0.25) is 0 Å². The molecule has 1 nitrogen and oxygen atoms in total. The van der Waals surface area contributed by atoms with E-state index in [0.717, 1.165) is 13.1 Å². The molecule has 0 spiro atoms. The lowest BCUT2D eigenvalue weighted by molar-refractivity contribution is 0.698. The molecule has 1 aromatic carbocycles. The maximum atomic E-state index is 3.48. The van der Waals surface area contributed by atoms with E-state index in [9.17, 15) is 0 Å². The maximum absolute atomic E-state index is 3.48. The third kappa shape index (κ3) is 3.66. The fourth-order valence-electron chi connectivity index (χ4n) is 1.81. The van der Waals surface area contributed by atoms with Crippen molar-refractivity contribution in [2.75, 3.05) is 0 Å². The first-order valence-corrected chi connectivity index (χ1v) is 7.32. The highest BCUT2D eigenvalue weighted by molar-refractivity contribution is 9.10. The van der Waals surface area contributed by atoms with Crippen molar-refractivity contribution in [1.82, 2.24) is 5.32 Å². The van der Waals surface area contributed by atoms with Gasteiger partial charge in [0.25, 0.3) is 0 Å². The lowest BCUT2D eigenvalue weighted by Crippen LogP contribution is -2.12. The molecule has 0 fully saturated rings. The van der Waals surface area contributed by atoms with Crippen molar-refractivity contribution in [3.63, 3.8) is 0 Å². The molecule has 0 unspecified atom stereocenters. The normalized spacial score (nSPS) is 10.8. The van der Waals surface area contributed by atoms with Crippen molar-refractivity contribution < 1.29 is 0 Å². The fourth-order valence-corrected chi connectivity index (χ4v) is 3.23. The van der Waals surface area contributed by atoms with Crippen molar-refractivity contribution in [2.24, 2.45) is 0 Å². The van der Waals surface area contributed by atoms with Crippen molar-refractivity contribution in [3.05, 3.63) is 55.7 Å². The third-order valence-electron chi connectivity index (χ3n) is 2.73. The zero-order valence-electron chi connectivity index (χ0n) is 10.1. The first kappa shape index (κ1) is 12.8. The van der Waals surface area contributed by atoms with Crippen LogP contribution in [-0.4, -0.2) is 0 Å². The molecule has 0 aliphatic rings. The molecular weight excluding hydrogens is 294 g/mol. The van der Waals surface area contributed by atoms with Crippen LogP contribution in [0.5, 0.6) is 0 Å². The summed E-state index contributed by atoms with van der Waals surface area (Å²) in [4.78, 5) is 1.36. The zero-order chi connectivity index (χ0) is 12.3. The molecule has 0 amide bonds. The summed E-state index contributed by atoms with van der Waals surface area (Å²) in [5.41, 5.74) is 4.07. The van der Waals surface area contributed by atoms with Crippen LogP contribution in [0, 0.1) is 13.8 Å². The molecule has 1 aromatic heterocycles. The minimum absolute atomic E-state index is 0.932. The Kier molecular flexibility index (Phi) is 4.37. The SMILES string of the molecule is Cc1ccc(CNCc2cc(Br)cs2)c(C)c1. The maximum Gasteiger partial charge on any atom is 0.0303 e. The van der Waals surface area contributed by atoms with Gasteiger partial charge in [-0.15, -0.1) is 11.3 Å². The van der Waals surface area contributed by atoms with E-state index >= 15 is 0 Å². The lowest BCUT2D eigenvalue weighted by Gasteiger charge is -2.07. The monoisotopic (exact) mass is 309 g/mol. The van der Waals surface area contributed by atoms with Crippen LogP contribution < -0.4 is 5.32 Å². The van der Waals surface area contributed by atoms with Crippen molar-refractivity contribution in [3.8, 4) is 0 Å². The van der Waals surface area contributed by atoms with Gasteiger partial charge < -0.3 is 5.32 Å². The van der Waals surface area contributed by atoms with Crippen molar-refractivity contribution in [2.45, 2.75) is 26.9 Å². The number of benzene rings is 1. The van der Waals surface area contributed by atoms with Crippen LogP contribution in [0.4, 0.5) is 0 Å². The van der Waals surface area contributed by atoms with Gasteiger partial charge in [0, 0.05) is 27.8 Å². The summed E-state index contributed by atoms with van der Waals surface area (Å²) in [6.07, 6.45) is 0. The Morgan fingerprint density at radius 2 is 2.00 bits per heavy atom. The number of halogens is 1. The molecule has 0 saturated heterocycles. The Bertz CT molecular complexity index is 505. The highest BCUT2D eigenvalue weighted by Gasteiger charge is 2.00. The van der Waals surface area contributed by atoms with E-state index in [-0.39, 0.29) is 0 Å². The first-order chi connectivity index (χ1) is 8.15. The highest BCUT2D eigenvalue weighted by atomic mass is 79.9. The zero-order valence-corrected chi connectivity index (χ0v) is 12.5. The minimum Gasteiger partial charge on any atom is -0.308 e. The first-order valence-electron chi connectivity index (χ1n) is 5.65. The summed E-state index contributed by atoms with van der Waals surface area (Å²) in [7, 11) is 0. The van der Waals surface area contributed by atoms with Crippen LogP contribution in [0.1, 0.15) is 21.6 Å². The molecule has 17 heavy (non-hydrogen) atoms. The largest absolute Gasteiger partial charge is 0.308 e. The number of nitrogens with one attached hydrogen (secondary N) is 1. The van der Waals surface area contributed by atoms with Gasteiger partial charge in [-0.2, -0.15) is 0 Å². The molecule has 0 aliphatic carbocycles. The second-order valence-electron chi connectivity index (χ2n) is 4.26. The molecular formula is C14H16BrNS. The van der Waals surface area contributed by atoms with Gasteiger partial charge >= 0.3 is 0 Å². The van der Waals surface area contributed by atoms with E-state index in [0.29, 0.717) is 0 Å². The fraction of sp³-hybridized carbons (Fsp3) is 0.286. The van der Waals surface area contributed by atoms with E-state index in [4.69, 9.17) is 0 Å². The number of rotatable bonds is 4. The second kappa shape index (κ2) is 5.80. The van der Waals surface area contributed by atoms with E-state index in [1.807, 2.05) is 0 Å². The van der Waals surface area contributed by atoms with Gasteiger partial charge in [-0.25, -0.2) is 0 Å². The van der Waals surface area contributed by atoms with Crippen LogP contribution in [0.3, 0.4) is 0 Å². The number of aryl methyl sites for hydroxylation is 2. The van der Waals surface area contributed by atoms with Crippen LogP contribution in [0.25, 0.3) is 0 Å².